The Hall–Kier alpha value is -2.77. The van der Waals surface area contributed by atoms with E-state index in [4.69, 9.17) is 9.47 Å². The summed E-state index contributed by atoms with van der Waals surface area (Å²) >= 11 is 0. The van der Waals surface area contributed by atoms with Crippen LogP contribution in [0, 0.1) is 0 Å². The predicted molar refractivity (Wildman–Crippen MR) is 116 cm³/mol. The highest BCUT2D eigenvalue weighted by Crippen LogP contribution is 2.37. The number of fused-ring (bicyclic) bond motifs is 1. The number of ether oxygens (including phenoxy) is 2. The van der Waals surface area contributed by atoms with Crippen LogP contribution in [0.3, 0.4) is 0 Å². The van der Waals surface area contributed by atoms with Crippen molar-refractivity contribution in [2.75, 3.05) is 33.4 Å². The molecule has 7 heteroatoms. The van der Waals surface area contributed by atoms with E-state index in [2.05, 4.69) is 4.98 Å². The molecule has 2 aromatic carbocycles. The third-order valence-corrected chi connectivity index (χ3v) is 5.50. The molecular formula is C24H26F2N2O3. The van der Waals surface area contributed by atoms with Crippen molar-refractivity contribution in [3.63, 3.8) is 0 Å². The average Bonchev–Trinajstić information content (AvgIpc) is 2.76. The number of hydrogen-bond acceptors (Lipinski definition) is 5. The van der Waals surface area contributed by atoms with Crippen LogP contribution in [0.4, 0.5) is 8.78 Å². The number of hydrogen-bond donors (Lipinski definition) is 1. The fourth-order valence-electron chi connectivity index (χ4n) is 4.06. The van der Waals surface area contributed by atoms with Gasteiger partial charge in [-0.25, -0.2) is 13.8 Å². The Labute approximate surface area is 180 Å². The number of β-amino-alcohol motifs (C(OH)–C–C–N with tert-alkyl or cyclic N) is 1. The van der Waals surface area contributed by atoms with E-state index in [0.717, 1.165) is 21.9 Å². The number of rotatable bonds is 7. The maximum atomic E-state index is 13.6. The van der Waals surface area contributed by atoms with Gasteiger partial charge in [-0.05, 0) is 35.9 Å². The lowest BCUT2D eigenvalue weighted by atomic mass is 9.98. The summed E-state index contributed by atoms with van der Waals surface area (Å²) in [6.45, 7) is 0.411. The number of aliphatic hydroxyl groups is 1. The van der Waals surface area contributed by atoms with E-state index in [1.54, 1.807) is 24.3 Å². The van der Waals surface area contributed by atoms with E-state index >= 15 is 0 Å². The molecule has 1 aromatic heterocycles. The number of likely N-dealkylation sites (tertiary alicyclic amines) is 1. The lowest BCUT2D eigenvalue weighted by Crippen LogP contribution is -2.46. The van der Waals surface area contributed by atoms with Gasteiger partial charge < -0.3 is 14.6 Å². The third-order valence-electron chi connectivity index (χ3n) is 5.50. The molecule has 0 aliphatic carbocycles. The molecule has 5 nitrogen and oxygen atoms in total. The van der Waals surface area contributed by atoms with Crippen LogP contribution in [-0.4, -0.2) is 60.4 Å². The minimum atomic E-state index is -2.69. The minimum absolute atomic E-state index is 0.0109. The molecular weight excluding hydrogens is 402 g/mol. The van der Waals surface area contributed by atoms with Gasteiger partial charge in [0.1, 0.15) is 18.5 Å². The number of pyridine rings is 1. The maximum Gasteiger partial charge on any atom is 0.260 e. The lowest BCUT2D eigenvalue weighted by molar-refractivity contribution is -0.0736. The van der Waals surface area contributed by atoms with Gasteiger partial charge >= 0.3 is 0 Å². The summed E-state index contributed by atoms with van der Waals surface area (Å²) in [7, 11) is 1.56. The van der Waals surface area contributed by atoms with Gasteiger partial charge in [0, 0.05) is 36.4 Å². The largest absolute Gasteiger partial charge is 0.490 e. The lowest BCUT2D eigenvalue weighted by Gasteiger charge is -2.33. The maximum absolute atomic E-state index is 13.6. The first-order valence-corrected chi connectivity index (χ1v) is 10.4. The van der Waals surface area contributed by atoms with Crippen molar-refractivity contribution in [3.05, 3.63) is 54.7 Å². The number of piperidine rings is 1. The molecule has 3 aromatic rings. The topological polar surface area (TPSA) is 54.8 Å². The Balaban J connectivity index is 1.54. The molecule has 0 amide bonds. The highest BCUT2D eigenvalue weighted by molar-refractivity contribution is 5.99. The second kappa shape index (κ2) is 9.16. The van der Waals surface area contributed by atoms with E-state index in [1.165, 1.54) is 0 Å². The van der Waals surface area contributed by atoms with Crippen LogP contribution in [0.1, 0.15) is 12.8 Å². The van der Waals surface area contributed by atoms with Crippen molar-refractivity contribution in [2.45, 2.75) is 24.9 Å². The van der Waals surface area contributed by atoms with Crippen molar-refractivity contribution in [1.29, 1.82) is 0 Å². The number of benzene rings is 2. The van der Waals surface area contributed by atoms with Crippen LogP contribution in [-0.2, 0) is 0 Å². The van der Waals surface area contributed by atoms with Crippen LogP contribution < -0.4 is 9.47 Å². The molecule has 1 aliphatic rings. The van der Waals surface area contributed by atoms with E-state index in [9.17, 15) is 13.9 Å². The molecule has 164 valence electrons. The molecule has 0 bridgehead atoms. The molecule has 1 unspecified atom stereocenters. The summed E-state index contributed by atoms with van der Waals surface area (Å²) in [5.41, 5.74) is 1.72. The summed E-state index contributed by atoms with van der Waals surface area (Å²) in [6, 6.07) is 15.5. The smallest absolute Gasteiger partial charge is 0.260 e. The molecule has 31 heavy (non-hydrogen) atoms. The Kier molecular flexibility index (Phi) is 6.34. The average molecular weight is 428 g/mol. The van der Waals surface area contributed by atoms with Crippen molar-refractivity contribution in [3.8, 4) is 22.8 Å². The van der Waals surface area contributed by atoms with Gasteiger partial charge in [0.25, 0.3) is 5.92 Å². The van der Waals surface area contributed by atoms with Gasteiger partial charge in [-0.2, -0.15) is 0 Å². The highest BCUT2D eigenvalue weighted by Gasteiger charge is 2.35. The van der Waals surface area contributed by atoms with Crippen molar-refractivity contribution >= 4 is 10.8 Å². The Morgan fingerprint density at radius 3 is 2.74 bits per heavy atom. The number of aromatic nitrogens is 1. The molecule has 0 spiro atoms. The Morgan fingerprint density at radius 1 is 1.16 bits per heavy atom. The second-order valence-electron chi connectivity index (χ2n) is 7.91. The summed E-state index contributed by atoms with van der Waals surface area (Å²) in [4.78, 5) is 5.91. The van der Waals surface area contributed by atoms with E-state index in [0.29, 0.717) is 24.6 Å². The van der Waals surface area contributed by atoms with Crippen LogP contribution in [0.2, 0.25) is 0 Å². The quantitative estimate of drug-likeness (QED) is 0.605. The molecule has 4 rings (SSSR count). The van der Waals surface area contributed by atoms with Gasteiger partial charge in [-0.1, -0.05) is 30.3 Å². The first-order valence-electron chi connectivity index (χ1n) is 10.4. The predicted octanol–water partition coefficient (Wildman–Crippen LogP) is 4.38. The summed E-state index contributed by atoms with van der Waals surface area (Å²) in [5, 5.41) is 12.5. The van der Waals surface area contributed by atoms with Gasteiger partial charge in [-0.3, -0.25) is 4.90 Å². The van der Waals surface area contributed by atoms with Crippen LogP contribution in [0.15, 0.2) is 54.7 Å². The number of methoxy groups -OCH3 is 1. The fourth-order valence-corrected chi connectivity index (χ4v) is 4.06. The molecule has 1 N–H and O–H groups in total. The van der Waals surface area contributed by atoms with E-state index in [1.807, 2.05) is 42.5 Å². The zero-order chi connectivity index (χ0) is 21.8. The van der Waals surface area contributed by atoms with Crippen LogP contribution >= 0.6 is 0 Å². The molecule has 1 fully saturated rings. The normalized spacial score (nSPS) is 17.4. The van der Waals surface area contributed by atoms with Gasteiger partial charge in [0.05, 0.1) is 13.7 Å². The zero-order valence-corrected chi connectivity index (χ0v) is 17.4. The van der Waals surface area contributed by atoms with Crippen molar-refractivity contribution in [1.82, 2.24) is 9.88 Å². The SMILES string of the molecule is COc1ccc(-c2c(OCC(O)CN3CCCC(F)(F)C3)ccc3ccccc23)cn1. The first kappa shape index (κ1) is 21.5. The summed E-state index contributed by atoms with van der Waals surface area (Å²) < 4.78 is 38.4. The molecule has 1 saturated heterocycles. The molecule has 2 heterocycles. The first-order chi connectivity index (χ1) is 14.9. The van der Waals surface area contributed by atoms with Gasteiger partial charge in [0.15, 0.2) is 0 Å². The molecule has 1 aliphatic heterocycles. The zero-order valence-electron chi connectivity index (χ0n) is 17.4. The summed E-state index contributed by atoms with van der Waals surface area (Å²) in [6.07, 6.45) is 1.19. The molecule has 0 radical (unpaired) electrons. The van der Waals surface area contributed by atoms with Gasteiger partial charge in [-0.15, -0.1) is 0 Å². The second-order valence-corrected chi connectivity index (χ2v) is 7.91. The van der Waals surface area contributed by atoms with Crippen molar-refractivity contribution in [2.24, 2.45) is 0 Å². The number of aliphatic hydroxyl groups excluding tert-OH is 1. The third kappa shape index (κ3) is 5.11. The Bertz CT molecular complexity index is 1030. The Morgan fingerprint density at radius 2 is 2.00 bits per heavy atom. The minimum Gasteiger partial charge on any atom is -0.490 e. The van der Waals surface area contributed by atoms with Gasteiger partial charge in [0.2, 0.25) is 5.88 Å². The number of nitrogens with zero attached hydrogens (tertiary/aromatic N) is 2. The van der Waals surface area contributed by atoms with Crippen LogP contribution in [0.25, 0.3) is 21.9 Å². The molecule has 0 saturated carbocycles. The van der Waals surface area contributed by atoms with E-state index in [-0.39, 0.29) is 26.1 Å². The number of alkyl halides is 2. The molecule has 1 atom stereocenters. The number of halogens is 2. The monoisotopic (exact) mass is 428 g/mol. The van der Waals surface area contributed by atoms with Crippen molar-refractivity contribution < 1.29 is 23.4 Å². The highest BCUT2D eigenvalue weighted by atomic mass is 19.3. The standard InChI is InChI=1S/C24H26F2N2O3/c1-30-22-10-8-18(13-27-22)23-20-6-3-2-5-17(20)7-9-21(23)31-15-19(29)14-28-12-4-11-24(25,26)16-28/h2-3,5-10,13,19,29H,4,11-12,14-16H2,1H3. The fraction of sp³-hybridized carbons (Fsp3) is 0.375. The summed E-state index contributed by atoms with van der Waals surface area (Å²) in [5.74, 6) is -1.57. The van der Waals surface area contributed by atoms with Crippen LogP contribution in [0.5, 0.6) is 11.6 Å². The van der Waals surface area contributed by atoms with E-state index < -0.39 is 12.0 Å².